The third-order valence-corrected chi connectivity index (χ3v) is 3.36. The predicted octanol–water partition coefficient (Wildman–Crippen LogP) is 0.476. The molecular formula is C8H16N2. The molecule has 0 radical (unpaired) electrons. The molecule has 1 aliphatic carbocycles. The van der Waals surface area contributed by atoms with Crippen molar-refractivity contribution < 1.29 is 0 Å². The fourth-order valence-corrected chi connectivity index (χ4v) is 2.35. The van der Waals surface area contributed by atoms with Gasteiger partial charge in [0, 0.05) is 18.6 Å². The number of nitrogens with one attached hydrogen (secondary N) is 1. The fourth-order valence-electron chi connectivity index (χ4n) is 2.35. The van der Waals surface area contributed by atoms with Crippen LogP contribution in [0.25, 0.3) is 0 Å². The van der Waals surface area contributed by atoms with E-state index in [4.69, 9.17) is 5.73 Å². The summed E-state index contributed by atoms with van der Waals surface area (Å²) in [5.41, 5.74) is 6.46. The third-order valence-electron chi connectivity index (χ3n) is 3.36. The van der Waals surface area contributed by atoms with E-state index >= 15 is 0 Å². The van der Waals surface area contributed by atoms with E-state index in [2.05, 4.69) is 12.2 Å². The maximum Gasteiger partial charge on any atom is 0.0108 e. The van der Waals surface area contributed by atoms with Gasteiger partial charge in [-0.1, -0.05) is 0 Å². The zero-order valence-electron chi connectivity index (χ0n) is 6.56. The summed E-state index contributed by atoms with van der Waals surface area (Å²) in [6.45, 7) is 3.49. The largest absolute Gasteiger partial charge is 0.328 e. The SMILES string of the molecule is CC1NCC12CCC(N)C2. The van der Waals surface area contributed by atoms with E-state index in [1.165, 1.54) is 25.8 Å². The van der Waals surface area contributed by atoms with Gasteiger partial charge in [-0.25, -0.2) is 0 Å². The second kappa shape index (κ2) is 1.95. The Morgan fingerprint density at radius 1 is 1.60 bits per heavy atom. The Hall–Kier alpha value is -0.0800. The quantitative estimate of drug-likeness (QED) is 0.513. The third kappa shape index (κ3) is 0.722. The van der Waals surface area contributed by atoms with Gasteiger partial charge in [-0.05, 0) is 31.6 Å². The molecule has 0 aromatic rings. The van der Waals surface area contributed by atoms with E-state index in [1.54, 1.807) is 0 Å². The molecule has 2 nitrogen and oxygen atoms in total. The molecule has 2 fully saturated rings. The van der Waals surface area contributed by atoms with Crippen LogP contribution in [0, 0.1) is 5.41 Å². The molecule has 1 saturated carbocycles. The van der Waals surface area contributed by atoms with Gasteiger partial charge in [0.2, 0.25) is 0 Å². The maximum absolute atomic E-state index is 5.85. The number of nitrogens with two attached hydrogens (primary N) is 1. The van der Waals surface area contributed by atoms with Crippen molar-refractivity contribution in [3.63, 3.8) is 0 Å². The monoisotopic (exact) mass is 140 g/mol. The average molecular weight is 140 g/mol. The van der Waals surface area contributed by atoms with Gasteiger partial charge in [0.1, 0.15) is 0 Å². The van der Waals surface area contributed by atoms with Gasteiger partial charge in [-0.2, -0.15) is 0 Å². The molecule has 3 unspecified atom stereocenters. The van der Waals surface area contributed by atoms with Gasteiger partial charge in [0.05, 0.1) is 0 Å². The molecule has 2 heteroatoms. The van der Waals surface area contributed by atoms with Crippen molar-refractivity contribution in [1.82, 2.24) is 5.32 Å². The van der Waals surface area contributed by atoms with Crippen LogP contribution in [0.15, 0.2) is 0 Å². The molecule has 58 valence electrons. The minimum Gasteiger partial charge on any atom is -0.328 e. The van der Waals surface area contributed by atoms with Gasteiger partial charge in [-0.3, -0.25) is 0 Å². The summed E-state index contributed by atoms with van der Waals surface area (Å²) >= 11 is 0. The second-order valence-corrected chi connectivity index (χ2v) is 3.97. The lowest BCUT2D eigenvalue weighted by molar-refractivity contribution is 0.101. The summed E-state index contributed by atoms with van der Waals surface area (Å²) in [6.07, 6.45) is 3.84. The minimum atomic E-state index is 0.490. The van der Waals surface area contributed by atoms with Crippen LogP contribution < -0.4 is 11.1 Å². The molecule has 2 aliphatic rings. The van der Waals surface area contributed by atoms with Crippen molar-refractivity contribution in [2.24, 2.45) is 11.1 Å². The summed E-state index contributed by atoms with van der Waals surface area (Å²) < 4.78 is 0. The highest BCUT2D eigenvalue weighted by molar-refractivity contribution is 5.05. The summed E-state index contributed by atoms with van der Waals surface area (Å²) in [5, 5.41) is 3.41. The van der Waals surface area contributed by atoms with E-state index < -0.39 is 0 Å². The van der Waals surface area contributed by atoms with Crippen LogP contribution in [-0.4, -0.2) is 18.6 Å². The van der Waals surface area contributed by atoms with Crippen LogP contribution in [0.4, 0.5) is 0 Å². The topological polar surface area (TPSA) is 38.0 Å². The molecule has 1 heterocycles. The molecular weight excluding hydrogens is 124 g/mol. The van der Waals surface area contributed by atoms with Crippen molar-refractivity contribution in [3.05, 3.63) is 0 Å². The first-order chi connectivity index (χ1) is 4.73. The highest BCUT2D eigenvalue weighted by Gasteiger charge is 2.47. The summed E-state index contributed by atoms with van der Waals surface area (Å²) in [4.78, 5) is 0. The Bertz CT molecular complexity index is 146. The first-order valence-corrected chi connectivity index (χ1v) is 4.22. The Kier molecular flexibility index (Phi) is 1.29. The first-order valence-electron chi connectivity index (χ1n) is 4.22. The normalized spacial score (nSPS) is 53.4. The van der Waals surface area contributed by atoms with Crippen LogP contribution in [0.2, 0.25) is 0 Å². The zero-order chi connectivity index (χ0) is 7.19. The highest BCUT2D eigenvalue weighted by Crippen LogP contribution is 2.44. The van der Waals surface area contributed by atoms with E-state index in [-0.39, 0.29) is 0 Å². The molecule has 1 aliphatic heterocycles. The Morgan fingerprint density at radius 2 is 2.40 bits per heavy atom. The maximum atomic E-state index is 5.85. The van der Waals surface area contributed by atoms with Crippen LogP contribution in [-0.2, 0) is 0 Å². The van der Waals surface area contributed by atoms with Crippen molar-refractivity contribution >= 4 is 0 Å². The molecule has 3 N–H and O–H groups in total. The predicted molar refractivity (Wildman–Crippen MR) is 41.7 cm³/mol. The lowest BCUT2D eigenvalue weighted by atomic mass is 9.73. The van der Waals surface area contributed by atoms with Crippen LogP contribution in [0.1, 0.15) is 26.2 Å². The molecule has 0 aromatic heterocycles. The zero-order valence-corrected chi connectivity index (χ0v) is 6.56. The average Bonchev–Trinajstić information content (AvgIpc) is 2.31. The number of hydrogen-bond donors (Lipinski definition) is 2. The Balaban J connectivity index is 2.04. The summed E-state index contributed by atoms with van der Waals surface area (Å²) in [7, 11) is 0. The lowest BCUT2D eigenvalue weighted by Gasteiger charge is -2.46. The number of hydrogen-bond acceptors (Lipinski definition) is 2. The molecule has 0 aromatic carbocycles. The smallest absolute Gasteiger partial charge is 0.0108 e. The van der Waals surface area contributed by atoms with Crippen molar-refractivity contribution in [2.45, 2.75) is 38.3 Å². The minimum absolute atomic E-state index is 0.490. The standard InChI is InChI=1S/C8H16N2/c1-6-8(5-10-6)3-2-7(9)4-8/h6-7,10H,2-5,9H2,1H3. The summed E-state index contributed by atoms with van der Waals surface area (Å²) in [5.74, 6) is 0. The Labute approximate surface area is 62.2 Å². The lowest BCUT2D eigenvalue weighted by Crippen LogP contribution is -2.59. The van der Waals surface area contributed by atoms with Crippen LogP contribution in [0.5, 0.6) is 0 Å². The molecule has 0 amide bonds. The van der Waals surface area contributed by atoms with Gasteiger partial charge in [0.25, 0.3) is 0 Å². The van der Waals surface area contributed by atoms with Crippen molar-refractivity contribution in [2.75, 3.05) is 6.54 Å². The molecule has 2 rings (SSSR count). The first kappa shape index (κ1) is 6.62. The Morgan fingerprint density at radius 3 is 2.60 bits per heavy atom. The van der Waals surface area contributed by atoms with E-state index in [9.17, 15) is 0 Å². The van der Waals surface area contributed by atoms with Gasteiger partial charge < -0.3 is 11.1 Å². The highest BCUT2D eigenvalue weighted by atomic mass is 15.0. The van der Waals surface area contributed by atoms with E-state index in [0.29, 0.717) is 11.5 Å². The molecule has 10 heavy (non-hydrogen) atoms. The van der Waals surface area contributed by atoms with E-state index in [0.717, 1.165) is 6.04 Å². The molecule has 0 bridgehead atoms. The fraction of sp³-hybridized carbons (Fsp3) is 1.00. The van der Waals surface area contributed by atoms with Gasteiger partial charge in [-0.15, -0.1) is 0 Å². The number of rotatable bonds is 0. The van der Waals surface area contributed by atoms with Crippen molar-refractivity contribution in [3.8, 4) is 0 Å². The van der Waals surface area contributed by atoms with Crippen LogP contribution in [0.3, 0.4) is 0 Å². The summed E-state index contributed by atoms with van der Waals surface area (Å²) in [6, 6.07) is 1.21. The van der Waals surface area contributed by atoms with E-state index in [1.807, 2.05) is 0 Å². The molecule has 3 atom stereocenters. The van der Waals surface area contributed by atoms with Gasteiger partial charge in [0.15, 0.2) is 0 Å². The second-order valence-electron chi connectivity index (χ2n) is 3.97. The molecule has 1 saturated heterocycles. The van der Waals surface area contributed by atoms with Crippen molar-refractivity contribution in [1.29, 1.82) is 0 Å². The molecule has 1 spiro atoms. The van der Waals surface area contributed by atoms with Crippen LogP contribution >= 0.6 is 0 Å². The van der Waals surface area contributed by atoms with Gasteiger partial charge >= 0.3 is 0 Å².